The van der Waals surface area contributed by atoms with Gasteiger partial charge >= 0.3 is 6.03 Å². The maximum Gasteiger partial charge on any atom is 0.344 e. The second kappa shape index (κ2) is 7.28. The Morgan fingerprint density at radius 2 is 2.09 bits per heavy atom. The van der Waals surface area contributed by atoms with Gasteiger partial charge in [0.15, 0.2) is 0 Å². The molecule has 0 heterocycles. The Morgan fingerprint density at radius 1 is 1.35 bits per heavy atom. The number of nitrogens with zero attached hydrogens (tertiary/aromatic N) is 2. The SMILES string of the molecule is C=NC(=O)Nc1cc(-c2c(Cl)ccc(CC#N)c2Cl)ccc1C. The highest BCUT2D eigenvalue weighted by atomic mass is 35.5. The summed E-state index contributed by atoms with van der Waals surface area (Å²) in [5.41, 5.74) is 3.53. The molecule has 2 aromatic carbocycles. The van der Waals surface area contributed by atoms with E-state index >= 15 is 0 Å². The molecular formula is C17H13Cl2N3O. The minimum Gasteiger partial charge on any atom is -0.306 e. The molecule has 0 saturated heterocycles. The molecule has 2 amide bonds. The first-order chi connectivity index (χ1) is 11.0. The van der Waals surface area contributed by atoms with Crippen LogP contribution in [0.5, 0.6) is 0 Å². The van der Waals surface area contributed by atoms with Crippen LogP contribution in [-0.2, 0) is 6.42 Å². The molecule has 6 heteroatoms. The molecule has 2 rings (SSSR count). The second-order valence-electron chi connectivity index (χ2n) is 4.85. The molecule has 0 aromatic heterocycles. The van der Waals surface area contributed by atoms with E-state index < -0.39 is 6.03 Å². The van der Waals surface area contributed by atoms with Crippen LogP contribution >= 0.6 is 23.2 Å². The van der Waals surface area contributed by atoms with E-state index in [0.717, 1.165) is 11.1 Å². The van der Waals surface area contributed by atoms with Gasteiger partial charge in [-0.1, -0.05) is 41.4 Å². The molecule has 0 aliphatic rings. The lowest BCUT2D eigenvalue weighted by molar-refractivity contribution is 0.260. The van der Waals surface area contributed by atoms with Crippen LogP contribution in [-0.4, -0.2) is 12.7 Å². The molecule has 1 N–H and O–H groups in total. The van der Waals surface area contributed by atoms with Gasteiger partial charge in [-0.05, 0) is 42.5 Å². The highest BCUT2D eigenvalue weighted by Crippen LogP contribution is 2.38. The Morgan fingerprint density at radius 3 is 2.74 bits per heavy atom. The quantitative estimate of drug-likeness (QED) is 0.770. The van der Waals surface area contributed by atoms with Crippen molar-refractivity contribution in [3.8, 4) is 17.2 Å². The number of halogens is 2. The molecule has 0 aliphatic carbocycles. The zero-order chi connectivity index (χ0) is 17.0. The van der Waals surface area contributed by atoms with Gasteiger partial charge in [0.2, 0.25) is 0 Å². The summed E-state index contributed by atoms with van der Waals surface area (Å²) in [7, 11) is 0. The van der Waals surface area contributed by atoms with Crippen molar-refractivity contribution in [3.63, 3.8) is 0 Å². The third-order valence-electron chi connectivity index (χ3n) is 3.35. The summed E-state index contributed by atoms with van der Waals surface area (Å²) in [6.45, 7) is 5.05. The van der Waals surface area contributed by atoms with Crippen LogP contribution < -0.4 is 5.32 Å². The van der Waals surface area contributed by atoms with Gasteiger partial charge in [0.05, 0.1) is 17.5 Å². The maximum absolute atomic E-state index is 11.4. The Hall–Kier alpha value is -2.35. The fraction of sp³-hybridized carbons (Fsp3) is 0.118. The highest BCUT2D eigenvalue weighted by molar-refractivity contribution is 6.39. The molecule has 4 nitrogen and oxygen atoms in total. The van der Waals surface area contributed by atoms with Crippen molar-refractivity contribution in [2.75, 3.05) is 5.32 Å². The molecular weight excluding hydrogens is 333 g/mol. The Labute approximate surface area is 144 Å². The summed E-state index contributed by atoms with van der Waals surface area (Å²) in [6, 6.07) is 10.4. The van der Waals surface area contributed by atoms with Crippen LogP contribution in [0.25, 0.3) is 11.1 Å². The number of nitriles is 1. The minimum atomic E-state index is -0.541. The van der Waals surface area contributed by atoms with Gasteiger partial charge in [-0.3, -0.25) is 0 Å². The molecule has 0 spiro atoms. The summed E-state index contributed by atoms with van der Waals surface area (Å²) >= 11 is 12.7. The van der Waals surface area contributed by atoms with Crippen molar-refractivity contribution < 1.29 is 4.79 Å². The van der Waals surface area contributed by atoms with E-state index in [1.165, 1.54) is 0 Å². The predicted molar refractivity (Wildman–Crippen MR) is 94.5 cm³/mol. The van der Waals surface area contributed by atoms with Crippen LogP contribution in [0.4, 0.5) is 10.5 Å². The van der Waals surface area contributed by atoms with Crippen molar-refractivity contribution in [2.45, 2.75) is 13.3 Å². The van der Waals surface area contributed by atoms with Gasteiger partial charge in [-0.15, -0.1) is 0 Å². The monoisotopic (exact) mass is 345 g/mol. The Balaban J connectivity index is 2.57. The van der Waals surface area contributed by atoms with Crippen LogP contribution in [0.3, 0.4) is 0 Å². The lowest BCUT2D eigenvalue weighted by Gasteiger charge is -2.13. The number of hydrogen-bond acceptors (Lipinski definition) is 2. The standard InChI is InChI=1S/C17H13Cl2N3O/c1-10-3-4-12(9-14(10)22-17(23)21-2)15-13(18)6-5-11(7-8-20)16(15)19/h3-6,9H,2,7H2,1H3,(H,22,23). The third kappa shape index (κ3) is 3.70. The van der Waals surface area contributed by atoms with Gasteiger partial charge in [0.1, 0.15) is 0 Å². The zero-order valence-electron chi connectivity index (χ0n) is 12.4. The number of rotatable bonds is 3. The summed E-state index contributed by atoms with van der Waals surface area (Å²) in [6.07, 6.45) is 0.193. The summed E-state index contributed by atoms with van der Waals surface area (Å²) < 4.78 is 0. The molecule has 0 fully saturated rings. The lowest BCUT2D eigenvalue weighted by atomic mass is 9.99. The lowest BCUT2D eigenvalue weighted by Crippen LogP contribution is -2.06. The predicted octanol–water partition coefficient (Wildman–Crippen LogP) is 5.27. The first-order valence-electron chi connectivity index (χ1n) is 6.70. The van der Waals surface area contributed by atoms with Gasteiger partial charge in [-0.2, -0.15) is 5.26 Å². The summed E-state index contributed by atoms with van der Waals surface area (Å²) in [5, 5.41) is 12.4. The molecule has 0 unspecified atom stereocenters. The Kier molecular flexibility index (Phi) is 5.38. The summed E-state index contributed by atoms with van der Waals surface area (Å²) in [5.74, 6) is 0. The van der Waals surface area contributed by atoms with E-state index in [4.69, 9.17) is 28.5 Å². The number of carbonyl (C=O) groups excluding carboxylic acids is 1. The molecule has 116 valence electrons. The first-order valence-corrected chi connectivity index (χ1v) is 7.46. The van der Waals surface area contributed by atoms with E-state index in [1.807, 2.05) is 19.1 Å². The molecule has 0 atom stereocenters. The number of benzene rings is 2. The first kappa shape index (κ1) is 17.0. The fourth-order valence-electron chi connectivity index (χ4n) is 2.15. The van der Waals surface area contributed by atoms with E-state index in [0.29, 0.717) is 26.9 Å². The smallest absolute Gasteiger partial charge is 0.306 e. The van der Waals surface area contributed by atoms with Crippen molar-refractivity contribution in [1.82, 2.24) is 0 Å². The van der Waals surface area contributed by atoms with Gasteiger partial charge < -0.3 is 5.32 Å². The topological polar surface area (TPSA) is 65.2 Å². The molecule has 23 heavy (non-hydrogen) atoms. The van der Waals surface area contributed by atoms with Gasteiger partial charge in [0.25, 0.3) is 0 Å². The summed E-state index contributed by atoms with van der Waals surface area (Å²) in [4.78, 5) is 14.7. The largest absolute Gasteiger partial charge is 0.344 e. The van der Waals surface area contributed by atoms with Gasteiger partial charge in [0, 0.05) is 16.3 Å². The van der Waals surface area contributed by atoms with Crippen LogP contribution in [0.15, 0.2) is 35.3 Å². The highest BCUT2D eigenvalue weighted by Gasteiger charge is 2.14. The molecule has 0 saturated carbocycles. The van der Waals surface area contributed by atoms with Gasteiger partial charge in [-0.25, -0.2) is 9.79 Å². The maximum atomic E-state index is 11.4. The van der Waals surface area contributed by atoms with E-state index in [-0.39, 0.29) is 6.42 Å². The number of aliphatic imine (C=N–C) groups is 1. The van der Waals surface area contributed by atoms with Crippen LogP contribution in [0, 0.1) is 18.3 Å². The number of aryl methyl sites for hydroxylation is 1. The number of hydrogen-bond donors (Lipinski definition) is 1. The van der Waals surface area contributed by atoms with Crippen molar-refractivity contribution in [2.24, 2.45) is 4.99 Å². The third-order valence-corrected chi connectivity index (χ3v) is 4.10. The molecule has 2 aromatic rings. The molecule has 0 bridgehead atoms. The van der Waals surface area contributed by atoms with E-state index in [9.17, 15) is 4.79 Å². The van der Waals surface area contributed by atoms with E-state index in [1.54, 1.807) is 18.2 Å². The minimum absolute atomic E-state index is 0.193. The number of anilines is 1. The zero-order valence-corrected chi connectivity index (χ0v) is 13.9. The van der Waals surface area contributed by atoms with Crippen LogP contribution in [0.1, 0.15) is 11.1 Å². The number of nitrogens with one attached hydrogen (secondary N) is 1. The van der Waals surface area contributed by atoms with E-state index in [2.05, 4.69) is 23.1 Å². The average Bonchev–Trinajstić information content (AvgIpc) is 2.53. The fourth-order valence-corrected chi connectivity index (χ4v) is 2.80. The molecule has 0 aliphatic heterocycles. The molecule has 0 radical (unpaired) electrons. The van der Waals surface area contributed by atoms with Crippen molar-refractivity contribution >= 4 is 41.6 Å². The average molecular weight is 346 g/mol. The van der Waals surface area contributed by atoms with Crippen molar-refractivity contribution in [1.29, 1.82) is 5.26 Å². The van der Waals surface area contributed by atoms with Crippen molar-refractivity contribution in [3.05, 3.63) is 51.5 Å². The normalized spacial score (nSPS) is 10.0. The number of carbonyl (C=O) groups is 1. The number of amides is 2. The Bertz CT molecular complexity index is 825. The number of urea groups is 1. The van der Waals surface area contributed by atoms with Crippen LogP contribution in [0.2, 0.25) is 10.0 Å². The second-order valence-corrected chi connectivity index (χ2v) is 5.63.